The quantitative estimate of drug-likeness (QED) is 0.375. The summed E-state index contributed by atoms with van der Waals surface area (Å²) in [4.78, 5) is 13.1. The van der Waals surface area contributed by atoms with Crippen molar-refractivity contribution in [3.63, 3.8) is 0 Å². The van der Waals surface area contributed by atoms with Crippen LogP contribution in [0.1, 0.15) is 62.8 Å². The summed E-state index contributed by atoms with van der Waals surface area (Å²) in [5.41, 5.74) is 14.8. The van der Waals surface area contributed by atoms with E-state index in [2.05, 4.69) is 33.4 Å². The van der Waals surface area contributed by atoms with Crippen molar-refractivity contribution in [2.75, 3.05) is 38.3 Å². The van der Waals surface area contributed by atoms with Crippen molar-refractivity contribution >= 4 is 22.8 Å². The summed E-state index contributed by atoms with van der Waals surface area (Å²) in [5, 5.41) is 16.1. The van der Waals surface area contributed by atoms with Gasteiger partial charge >= 0.3 is 0 Å². The van der Waals surface area contributed by atoms with Gasteiger partial charge in [-0.2, -0.15) is 10.1 Å². The number of hydrogen-bond acceptors (Lipinski definition) is 9. The number of nitrogens with zero attached hydrogens (tertiary/aromatic N) is 5. The van der Waals surface area contributed by atoms with Crippen LogP contribution in [-0.4, -0.2) is 56.6 Å². The summed E-state index contributed by atoms with van der Waals surface area (Å²) in [6.45, 7) is 4.99. The fourth-order valence-corrected chi connectivity index (χ4v) is 4.00. The number of nitrogens with two attached hydrogens (primary N) is 2. The molecule has 0 radical (unpaired) electrons. The van der Waals surface area contributed by atoms with Gasteiger partial charge in [-0.05, 0) is 44.5 Å². The van der Waals surface area contributed by atoms with E-state index in [0.29, 0.717) is 35.9 Å². The van der Waals surface area contributed by atoms with Crippen LogP contribution in [0.2, 0.25) is 0 Å². The summed E-state index contributed by atoms with van der Waals surface area (Å²) < 4.78 is 7.24. The Morgan fingerprint density at radius 1 is 1.12 bits per heavy atom. The Hall–Kier alpha value is -2.98. The van der Waals surface area contributed by atoms with Crippen LogP contribution in [0.25, 0.3) is 11.0 Å². The highest BCUT2D eigenvalue weighted by atomic mass is 16.5. The molecule has 0 aromatic carbocycles. The molecule has 4 rings (SSSR count). The molecule has 0 aliphatic carbocycles. The minimum Gasteiger partial charge on any atom is -0.495 e. The maximum atomic E-state index is 8.29. The highest BCUT2D eigenvalue weighted by molar-refractivity contribution is 5.85. The first-order valence-electron chi connectivity index (χ1n) is 11.7. The third kappa shape index (κ3) is 6.52. The summed E-state index contributed by atoms with van der Waals surface area (Å²) in [7, 11) is 1.64. The molecule has 0 bridgehead atoms. The molecule has 33 heavy (non-hydrogen) atoms. The number of unbranched alkanes of at least 4 members (excludes halogenated alkanes) is 3. The first kappa shape index (κ1) is 24.7. The number of nitrogen functional groups attached to an aromatic ring is 2. The highest BCUT2D eigenvalue weighted by Crippen LogP contribution is 2.28. The van der Waals surface area contributed by atoms with Crippen LogP contribution in [0.4, 0.5) is 11.8 Å². The van der Waals surface area contributed by atoms with Gasteiger partial charge in [0.15, 0.2) is 5.82 Å². The van der Waals surface area contributed by atoms with Gasteiger partial charge in [-0.15, -0.1) is 0 Å². The van der Waals surface area contributed by atoms with Gasteiger partial charge < -0.3 is 26.6 Å². The van der Waals surface area contributed by atoms with E-state index in [0.717, 1.165) is 49.5 Å². The zero-order chi connectivity index (χ0) is 23.6. The zero-order valence-corrected chi connectivity index (χ0v) is 19.6. The number of piperidine rings is 1. The number of hydrogen-bond donors (Lipinski definition) is 4. The Bertz CT molecular complexity index is 1010. The van der Waals surface area contributed by atoms with Crippen LogP contribution in [0.3, 0.4) is 0 Å². The lowest BCUT2D eigenvalue weighted by Crippen LogP contribution is -2.27. The van der Waals surface area contributed by atoms with Gasteiger partial charge in [0.05, 0.1) is 19.9 Å². The number of rotatable bonds is 8. The predicted molar refractivity (Wildman–Crippen MR) is 130 cm³/mol. The van der Waals surface area contributed by atoms with Crippen LogP contribution in [0.5, 0.6) is 5.75 Å². The second kappa shape index (κ2) is 12.3. The molecule has 1 aliphatic rings. The van der Waals surface area contributed by atoms with Crippen molar-refractivity contribution in [1.82, 2.24) is 30.0 Å². The third-order valence-corrected chi connectivity index (χ3v) is 5.78. The van der Waals surface area contributed by atoms with Crippen LogP contribution in [-0.2, 0) is 6.54 Å². The SMILES string of the molecule is CCCCCCO.COc1ccc(C2CCNCC2)nc1Cn1ncc2nc(N)nc(N)c21. The van der Waals surface area contributed by atoms with E-state index >= 15 is 0 Å². The minimum atomic E-state index is 0.137. The Morgan fingerprint density at radius 3 is 2.61 bits per heavy atom. The lowest BCUT2D eigenvalue weighted by molar-refractivity contribution is 0.283. The second-order valence-electron chi connectivity index (χ2n) is 8.20. The Labute approximate surface area is 194 Å². The topological polar surface area (TPSA) is 150 Å². The molecule has 0 amide bonds. The van der Waals surface area contributed by atoms with E-state index in [1.54, 1.807) is 18.0 Å². The summed E-state index contributed by atoms with van der Waals surface area (Å²) in [5.74, 6) is 1.63. The number of fused-ring (bicyclic) bond motifs is 1. The molecule has 6 N–H and O–H groups in total. The van der Waals surface area contributed by atoms with Crippen molar-refractivity contribution in [3.05, 3.63) is 29.7 Å². The van der Waals surface area contributed by atoms with Crippen LogP contribution >= 0.6 is 0 Å². The minimum absolute atomic E-state index is 0.137. The molecule has 10 nitrogen and oxygen atoms in total. The molecule has 10 heteroatoms. The average molecular weight is 457 g/mol. The van der Waals surface area contributed by atoms with Crippen molar-refractivity contribution in [1.29, 1.82) is 0 Å². The molecule has 3 aromatic heterocycles. The maximum Gasteiger partial charge on any atom is 0.222 e. The number of methoxy groups -OCH3 is 1. The van der Waals surface area contributed by atoms with E-state index < -0.39 is 0 Å². The molecule has 4 heterocycles. The zero-order valence-electron chi connectivity index (χ0n) is 19.6. The fourth-order valence-electron chi connectivity index (χ4n) is 4.00. The molecule has 180 valence electrons. The van der Waals surface area contributed by atoms with Gasteiger partial charge in [-0.3, -0.25) is 9.67 Å². The van der Waals surface area contributed by atoms with Crippen LogP contribution < -0.4 is 21.5 Å². The number of aliphatic hydroxyl groups excluding tert-OH is 1. The molecule has 0 spiro atoms. The van der Waals surface area contributed by atoms with Gasteiger partial charge in [0.1, 0.15) is 22.5 Å². The van der Waals surface area contributed by atoms with E-state index in [4.69, 9.17) is 26.3 Å². The summed E-state index contributed by atoms with van der Waals surface area (Å²) in [6.07, 6.45) is 8.49. The molecule has 0 atom stereocenters. The van der Waals surface area contributed by atoms with Crippen LogP contribution in [0, 0.1) is 0 Å². The van der Waals surface area contributed by atoms with Gasteiger partial charge in [0.2, 0.25) is 5.95 Å². The van der Waals surface area contributed by atoms with E-state index in [9.17, 15) is 0 Å². The lowest BCUT2D eigenvalue weighted by atomic mass is 9.94. The number of pyridine rings is 1. The van der Waals surface area contributed by atoms with E-state index in [-0.39, 0.29) is 5.95 Å². The number of aromatic nitrogens is 5. The van der Waals surface area contributed by atoms with Gasteiger partial charge in [0.25, 0.3) is 0 Å². The first-order chi connectivity index (χ1) is 16.1. The van der Waals surface area contributed by atoms with Crippen molar-refractivity contribution in [2.45, 2.75) is 57.9 Å². The largest absolute Gasteiger partial charge is 0.495 e. The smallest absolute Gasteiger partial charge is 0.222 e. The van der Waals surface area contributed by atoms with Crippen LogP contribution in [0.15, 0.2) is 18.3 Å². The van der Waals surface area contributed by atoms with Gasteiger partial charge in [-0.1, -0.05) is 26.2 Å². The van der Waals surface area contributed by atoms with Gasteiger partial charge in [-0.25, -0.2) is 4.98 Å². The molecule has 0 unspecified atom stereocenters. The molecule has 1 saturated heterocycles. The van der Waals surface area contributed by atoms with Crippen molar-refractivity contribution in [3.8, 4) is 5.75 Å². The molecule has 1 aliphatic heterocycles. The van der Waals surface area contributed by atoms with Gasteiger partial charge in [0, 0.05) is 18.2 Å². The number of nitrogens with one attached hydrogen (secondary N) is 1. The molecule has 3 aromatic rings. The number of aliphatic hydroxyl groups is 1. The third-order valence-electron chi connectivity index (χ3n) is 5.78. The maximum absolute atomic E-state index is 8.29. The number of ether oxygens (including phenoxy) is 1. The van der Waals surface area contributed by atoms with Crippen molar-refractivity contribution in [2.24, 2.45) is 0 Å². The Balaban J connectivity index is 0.000000383. The first-order valence-corrected chi connectivity index (χ1v) is 11.7. The normalized spacial score (nSPS) is 14.2. The average Bonchev–Trinajstić information content (AvgIpc) is 3.23. The highest BCUT2D eigenvalue weighted by Gasteiger charge is 2.19. The predicted octanol–water partition coefficient (Wildman–Crippen LogP) is 2.47. The lowest BCUT2D eigenvalue weighted by Gasteiger charge is -2.23. The summed E-state index contributed by atoms with van der Waals surface area (Å²) in [6, 6.07) is 4.03. The molecule has 0 saturated carbocycles. The summed E-state index contributed by atoms with van der Waals surface area (Å²) >= 11 is 0. The molecular formula is C23H36N8O2. The fraction of sp³-hybridized carbons (Fsp3) is 0.565. The molecule has 1 fully saturated rings. The molecular weight excluding hydrogens is 420 g/mol. The monoisotopic (exact) mass is 456 g/mol. The van der Waals surface area contributed by atoms with E-state index in [1.807, 2.05) is 6.07 Å². The van der Waals surface area contributed by atoms with E-state index in [1.165, 1.54) is 19.3 Å². The Morgan fingerprint density at radius 2 is 1.91 bits per heavy atom. The second-order valence-corrected chi connectivity index (χ2v) is 8.20. The van der Waals surface area contributed by atoms with Crippen molar-refractivity contribution < 1.29 is 9.84 Å². The standard InChI is InChI=1S/C17H22N8O.C6H14O/c1-26-14-3-2-11(10-4-6-20-7-5-10)22-13(14)9-25-15-12(8-21-25)23-17(19)24-16(15)18;1-2-3-4-5-6-7/h2-3,8,10,20H,4-7,9H2,1H3,(H4,18,19,23,24);7H,2-6H2,1H3. The number of anilines is 2. The Kier molecular flexibility index (Phi) is 9.20.